The third kappa shape index (κ3) is 2.51. The molecule has 0 atom stereocenters. The molecule has 94 valence electrons. The van der Waals surface area contributed by atoms with Gasteiger partial charge in [-0.15, -0.1) is 11.3 Å². The molecule has 1 aliphatic heterocycles. The van der Waals surface area contributed by atoms with E-state index >= 15 is 0 Å². The minimum Gasteiger partial charge on any atom is -0.375 e. The Kier molecular flexibility index (Phi) is 3.24. The highest BCUT2D eigenvalue weighted by Gasteiger charge is 2.19. The number of benzene rings is 1. The lowest BCUT2D eigenvalue weighted by Crippen LogP contribution is -2.29. The summed E-state index contributed by atoms with van der Waals surface area (Å²) in [6.45, 7) is 2.90. The van der Waals surface area contributed by atoms with Crippen LogP contribution >= 0.6 is 22.9 Å². The van der Waals surface area contributed by atoms with Crippen LogP contribution in [-0.4, -0.2) is 16.4 Å². The molecule has 0 radical (unpaired) electrons. The van der Waals surface area contributed by atoms with Crippen LogP contribution in [0.3, 0.4) is 0 Å². The zero-order valence-corrected chi connectivity index (χ0v) is 11.5. The summed E-state index contributed by atoms with van der Waals surface area (Å²) < 4.78 is 0. The van der Waals surface area contributed by atoms with Gasteiger partial charge in [-0.2, -0.15) is 0 Å². The van der Waals surface area contributed by atoms with Crippen LogP contribution in [0.1, 0.15) is 16.1 Å². The van der Waals surface area contributed by atoms with E-state index in [9.17, 15) is 0 Å². The molecule has 2 heterocycles. The molecule has 0 aliphatic carbocycles. The van der Waals surface area contributed by atoms with Crippen molar-refractivity contribution >= 4 is 28.1 Å². The smallest absolute Gasteiger partial charge is 0.180 e. The Morgan fingerprint density at radius 1 is 1.44 bits per heavy atom. The number of nitrogens with zero attached hydrogens (tertiary/aromatic N) is 2. The lowest BCUT2D eigenvalue weighted by atomic mass is 10.1. The molecule has 0 amide bonds. The maximum atomic E-state index is 6.00. The van der Waals surface area contributed by atoms with Gasteiger partial charge in [-0.1, -0.05) is 23.7 Å². The predicted octanol–water partition coefficient (Wildman–Crippen LogP) is 2.94. The highest BCUT2D eigenvalue weighted by atomic mass is 35.5. The van der Waals surface area contributed by atoms with Crippen LogP contribution in [0.2, 0.25) is 5.02 Å². The quantitative estimate of drug-likeness (QED) is 0.919. The number of hydrogen-bond donors (Lipinski definition) is 1. The van der Waals surface area contributed by atoms with Crippen LogP contribution in [0.5, 0.6) is 0 Å². The van der Waals surface area contributed by atoms with E-state index in [4.69, 9.17) is 17.3 Å². The molecular formula is C13H14ClN3S. The number of rotatable bonds is 2. The first-order chi connectivity index (χ1) is 8.70. The van der Waals surface area contributed by atoms with E-state index in [1.165, 1.54) is 16.1 Å². The maximum Gasteiger partial charge on any atom is 0.180 e. The third-order valence-corrected chi connectivity index (χ3v) is 4.27. The summed E-state index contributed by atoms with van der Waals surface area (Å²) in [7, 11) is 0. The van der Waals surface area contributed by atoms with Crippen molar-refractivity contribution in [3.05, 3.63) is 45.4 Å². The summed E-state index contributed by atoms with van der Waals surface area (Å²) in [6, 6.07) is 8.04. The molecule has 3 nitrogen and oxygen atoms in total. The summed E-state index contributed by atoms with van der Waals surface area (Å²) >= 11 is 7.61. The molecule has 0 fully saturated rings. The first kappa shape index (κ1) is 12.0. The summed E-state index contributed by atoms with van der Waals surface area (Å²) in [5.41, 5.74) is 8.18. The first-order valence-electron chi connectivity index (χ1n) is 5.91. The zero-order valence-electron chi connectivity index (χ0n) is 9.90. The van der Waals surface area contributed by atoms with Gasteiger partial charge in [0.15, 0.2) is 5.13 Å². The van der Waals surface area contributed by atoms with E-state index in [0.717, 1.165) is 31.1 Å². The Hall–Kier alpha value is -1.10. The summed E-state index contributed by atoms with van der Waals surface area (Å²) in [5.74, 6) is 0. The highest BCUT2D eigenvalue weighted by Crippen LogP contribution is 2.27. The van der Waals surface area contributed by atoms with Gasteiger partial charge < -0.3 is 5.73 Å². The van der Waals surface area contributed by atoms with Crippen LogP contribution in [0.4, 0.5) is 5.13 Å². The van der Waals surface area contributed by atoms with Gasteiger partial charge in [-0.25, -0.2) is 4.98 Å². The molecule has 18 heavy (non-hydrogen) atoms. The molecule has 1 aromatic carbocycles. The predicted molar refractivity (Wildman–Crippen MR) is 75.8 cm³/mol. The van der Waals surface area contributed by atoms with Gasteiger partial charge in [0, 0.05) is 36.0 Å². The van der Waals surface area contributed by atoms with Crippen molar-refractivity contribution in [3.63, 3.8) is 0 Å². The molecule has 5 heteroatoms. The standard InChI is InChI=1S/C13H14ClN3S/c14-10-3-1-2-9(6-10)7-17-5-4-11-12(8-17)18-13(15)16-11/h1-3,6H,4-5,7-8H2,(H2,15,16). The van der Waals surface area contributed by atoms with E-state index in [2.05, 4.69) is 16.0 Å². The van der Waals surface area contributed by atoms with Crippen molar-refractivity contribution in [2.24, 2.45) is 0 Å². The molecule has 0 saturated carbocycles. The summed E-state index contributed by atoms with van der Waals surface area (Å²) in [6.07, 6.45) is 0.990. The van der Waals surface area contributed by atoms with Crippen molar-refractivity contribution in [1.29, 1.82) is 0 Å². The fraction of sp³-hybridized carbons (Fsp3) is 0.308. The van der Waals surface area contributed by atoms with Crippen LogP contribution in [0.25, 0.3) is 0 Å². The van der Waals surface area contributed by atoms with E-state index in [1.54, 1.807) is 11.3 Å². The first-order valence-corrected chi connectivity index (χ1v) is 7.11. The number of aromatic nitrogens is 1. The van der Waals surface area contributed by atoms with Gasteiger partial charge >= 0.3 is 0 Å². The van der Waals surface area contributed by atoms with Gasteiger partial charge in [-0.05, 0) is 17.7 Å². The van der Waals surface area contributed by atoms with E-state index in [-0.39, 0.29) is 0 Å². The molecule has 0 saturated heterocycles. The molecule has 2 N–H and O–H groups in total. The number of nitrogen functional groups attached to an aromatic ring is 1. The number of hydrogen-bond acceptors (Lipinski definition) is 4. The Balaban J connectivity index is 1.73. The molecule has 0 unspecified atom stereocenters. The monoisotopic (exact) mass is 279 g/mol. The van der Waals surface area contributed by atoms with Crippen molar-refractivity contribution in [3.8, 4) is 0 Å². The molecule has 3 rings (SSSR count). The molecule has 1 aliphatic rings. The lowest BCUT2D eigenvalue weighted by Gasteiger charge is -2.25. The number of anilines is 1. The second-order valence-electron chi connectivity index (χ2n) is 4.51. The van der Waals surface area contributed by atoms with Crippen LogP contribution in [0.15, 0.2) is 24.3 Å². The normalized spacial score (nSPS) is 15.6. The molecular weight excluding hydrogens is 266 g/mol. The topological polar surface area (TPSA) is 42.1 Å². The third-order valence-electron chi connectivity index (χ3n) is 3.12. The van der Waals surface area contributed by atoms with Gasteiger partial charge in [0.25, 0.3) is 0 Å². The second kappa shape index (κ2) is 4.88. The Morgan fingerprint density at radius 3 is 3.17 bits per heavy atom. The van der Waals surface area contributed by atoms with Crippen molar-refractivity contribution in [2.45, 2.75) is 19.5 Å². The molecule has 1 aromatic heterocycles. The Bertz CT molecular complexity index is 567. The Labute approximate surface area is 115 Å². The zero-order chi connectivity index (χ0) is 12.5. The van der Waals surface area contributed by atoms with Gasteiger partial charge in [0.1, 0.15) is 0 Å². The van der Waals surface area contributed by atoms with Gasteiger partial charge in [0.2, 0.25) is 0 Å². The fourth-order valence-corrected chi connectivity index (χ4v) is 3.43. The number of halogens is 1. The SMILES string of the molecule is Nc1nc2c(s1)CN(Cc1cccc(Cl)c1)CC2. The number of fused-ring (bicyclic) bond motifs is 1. The van der Waals surface area contributed by atoms with Crippen LogP contribution < -0.4 is 5.73 Å². The second-order valence-corrected chi connectivity index (χ2v) is 6.06. The number of nitrogens with two attached hydrogens (primary N) is 1. The maximum absolute atomic E-state index is 6.00. The van der Waals surface area contributed by atoms with Crippen molar-refractivity contribution in [2.75, 3.05) is 12.3 Å². The molecule has 2 aromatic rings. The van der Waals surface area contributed by atoms with Gasteiger partial charge in [-0.3, -0.25) is 4.90 Å². The Morgan fingerprint density at radius 2 is 2.33 bits per heavy atom. The highest BCUT2D eigenvalue weighted by molar-refractivity contribution is 7.15. The number of thiazole rings is 1. The fourth-order valence-electron chi connectivity index (χ4n) is 2.30. The average Bonchev–Trinajstić information content (AvgIpc) is 2.68. The minimum atomic E-state index is 0.685. The van der Waals surface area contributed by atoms with Crippen molar-refractivity contribution in [1.82, 2.24) is 9.88 Å². The summed E-state index contributed by atoms with van der Waals surface area (Å²) in [5, 5.41) is 1.48. The van der Waals surface area contributed by atoms with E-state index in [1.807, 2.05) is 18.2 Å². The molecule has 0 spiro atoms. The minimum absolute atomic E-state index is 0.685. The largest absolute Gasteiger partial charge is 0.375 e. The van der Waals surface area contributed by atoms with E-state index < -0.39 is 0 Å². The van der Waals surface area contributed by atoms with Gasteiger partial charge in [0.05, 0.1) is 5.69 Å². The van der Waals surface area contributed by atoms with Crippen LogP contribution in [-0.2, 0) is 19.5 Å². The molecule has 0 bridgehead atoms. The van der Waals surface area contributed by atoms with E-state index in [0.29, 0.717) is 5.13 Å². The van der Waals surface area contributed by atoms with Crippen molar-refractivity contribution < 1.29 is 0 Å². The lowest BCUT2D eigenvalue weighted by molar-refractivity contribution is 0.247. The average molecular weight is 280 g/mol. The van der Waals surface area contributed by atoms with Crippen LogP contribution in [0, 0.1) is 0 Å². The summed E-state index contributed by atoms with van der Waals surface area (Å²) in [4.78, 5) is 8.07.